The molecular formula is C18H29N3O2. The Morgan fingerprint density at radius 1 is 1.17 bits per heavy atom. The van der Waals surface area contributed by atoms with Gasteiger partial charge in [-0.2, -0.15) is 0 Å². The molecule has 0 unspecified atom stereocenters. The predicted octanol–water partition coefficient (Wildman–Crippen LogP) is 1.67. The largest absolute Gasteiger partial charge is 0.379 e. The molecule has 0 spiro atoms. The molecule has 0 radical (unpaired) electrons. The summed E-state index contributed by atoms with van der Waals surface area (Å²) in [5, 5.41) is 6.32. The first-order chi connectivity index (χ1) is 11.2. The Kier molecular flexibility index (Phi) is 7.36. The van der Waals surface area contributed by atoms with Gasteiger partial charge in [0.15, 0.2) is 0 Å². The molecule has 0 aromatic heterocycles. The molecular weight excluding hydrogens is 290 g/mol. The Morgan fingerprint density at radius 2 is 1.83 bits per heavy atom. The minimum absolute atomic E-state index is 0.0474. The number of rotatable bonds is 8. The monoisotopic (exact) mass is 319 g/mol. The second kappa shape index (κ2) is 9.53. The van der Waals surface area contributed by atoms with Gasteiger partial charge in [0.25, 0.3) is 0 Å². The van der Waals surface area contributed by atoms with Crippen molar-refractivity contribution < 1.29 is 9.53 Å². The molecule has 0 atom stereocenters. The highest BCUT2D eigenvalue weighted by Gasteiger charge is 2.11. The minimum Gasteiger partial charge on any atom is -0.379 e. The molecule has 1 saturated heterocycles. The molecule has 2 N–H and O–H groups in total. The Bertz CT molecular complexity index is 477. The van der Waals surface area contributed by atoms with Gasteiger partial charge in [0.2, 0.25) is 5.91 Å². The Balaban J connectivity index is 1.75. The average molecular weight is 319 g/mol. The maximum Gasteiger partial charge on any atom is 0.239 e. The molecule has 1 aliphatic rings. The van der Waals surface area contributed by atoms with E-state index in [9.17, 15) is 4.79 Å². The fourth-order valence-electron chi connectivity index (χ4n) is 2.88. The first kappa shape index (κ1) is 17.8. The number of ether oxygens (including phenoxy) is 1. The topological polar surface area (TPSA) is 53.6 Å². The van der Waals surface area contributed by atoms with Gasteiger partial charge in [0.05, 0.1) is 19.8 Å². The summed E-state index contributed by atoms with van der Waals surface area (Å²) in [6.07, 6.45) is 1.93. The van der Waals surface area contributed by atoms with Gasteiger partial charge < -0.3 is 15.4 Å². The molecule has 23 heavy (non-hydrogen) atoms. The third kappa shape index (κ3) is 5.52. The van der Waals surface area contributed by atoms with Crippen molar-refractivity contribution in [2.24, 2.45) is 0 Å². The lowest BCUT2D eigenvalue weighted by molar-refractivity contribution is -0.119. The Hall–Kier alpha value is -1.59. The summed E-state index contributed by atoms with van der Waals surface area (Å²) in [5.74, 6) is 0.0474. The summed E-state index contributed by atoms with van der Waals surface area (Å²) in [4.78, 5) is 14.4. The van der Waals surface area contributed by atoms with Crippen molar-refractivity contribution in [3.05, 3.63) is 29.3 Å². The average Bonchev–Trinajstić information content (AvgIpc) is 2.60. The maximum atomic E-state index is 12.0. The van der Waals surface area contributed by atoms with Gasteiger partial charge in [-0.25, -0.2) is 0 Å². The van der Waals surface area contributed by atoms with E-state index in [0.717, 1.165) is 51.4 Å². The standard InChI is InChI=1S/C18H29N3O2/c1-3-15-6-5-7-16(4-2)18(15)20-14-17(22)19-8-9-21-10-12-23-13-11-21/h5-7,20H,3-4,8-14H2,1-2H3,(H,19,22). The number of para-hydroxylation sites is 1. The van der Waals surface area contributed by atoms with E-state index in [1.165, 1.54) is 11.1 Å². The van der Waals surface area contributed by atoms with Crippen molar-refractivity contribution in [2.45, 2.75) is 26.7 Å². The second-order valence-corrected chi connectivity index (χ2v) is 5.82. The van der Waals surface area contributed by atoms with E-state index in [2.05, 4.69) is 47.6 Å². The summed E-state index contributed by atoms with van der Waals surface area (Å²) < 4.78 is 5.32. The fraction of sp³-hybridized carbons (Fsp3) is 0.611. The van der Waals surface area contributed by atoms with Crippen molar-refractivity contribution in [2.75, 3.05) is 51.3 Å². The highest BCUT2D eigenvalue weighted by molar-refractivity contribution is 5.81. The zero-order valence-corrected chi connectivity index (χ0v) is 14.4. The van der Waals surface area contributed by atoms with Crippen LogP contribution in [0.15, 0.2) is 18.2 Å². The third-order valence-electron chi connectivity index (χ3n) is 4.28. The number of nitrogens with zero attached hydrogens (tertiary/aromatic N) is 1. The predicted molar refractivity (Wildman–Crippen MR) is 94.0 cm³/mol. The minimum atomic E-state index is 0.0474. The van der Waals surface area contributed by atoms with E-state index in [1.54, 1.807) is 0 Å². The number of benzene rings is 1. The van der Waals surface area contributed by atoms with Gasteiger partial charge in [-0.05, 0) is 24.0 Å². The van der Waals surface area contributed by atoms with Crippen LogP contribution in [0.5, 0.6) is 0 Å². The smallest absolute Gasteiger partial charge is 0.239 e. The summed E-state index contributed by atoms with van der Waals surface area (Å²) in [5.41, 5.74) is 3.66. The third-order valence-corrected chi connectivity index (χ3v) is 4.28. The van der Waals surface area contributed by atoms with Crippen LogP contribution < -0.4 is 10.6 Å². The van der Waals surface area contributed by atoms with Crippen LogP contribution in [0.1, 0.15) is 25.0 Å². The molecule has 0 bridgehead atoms. The molecule has 5 nitrogen and oxygen atoms in total. The first-order valence-electron chi connectivity index (χ1n) is 8.66. The van der Waals surface area contributed by atoms with Gasteiger partial charge in [0.1, 0.15) is 0 Å². The molecule has 1 aromatic carbocycles. The van der Waals surface area contributed by atoms with Crippen molar-refractivity contribution in [3.8, 4) is 0 Å². The van der Waals surface area contributed by atoms with Crippen LogP contribution in [0.3, 0.4) is 0 Å². The fourth-order valence-corrected chi connectivity index (χ4v) is 2.88. The number of carbonyl (C=O) groups excluding carboxylic acids is 1. The second-order valence-electron chi connectivity index (χ2n) is 5.82. The van der Waals surface area contributed by atoms with Crippen LogP contribution >= 0.6 is 0 Å². The van der Waals surface area contributed by atoms with Crippen LogP contribution in [0, 0.1) is 0 Å². The van der Waals surface area contributed by atoms with Gasteiger partial charge >= 0.3 is 0 Å². The highest BCUT2D eigenvalue weighted by Crippen LogP contribution is 2.22. The summed E-state index contributed by atoms with van der Waals surface area (Å²) in [7, 11) is 0. The molecule has 1 heterocycles. The number of hydrogen-bond donors (Lipinski definition) is 2. The van der Waals surface area contributed by atoms with Crippen LogP contribution in [0.2, 0.25) is 0 Å². The molecule has 128 valence electrons. The van der Waals surface area contributed by atoms with Crippen molar-refractivity contribution in [1.29, 1.82) is 0 Å². The number of anilines is 1. The van der Waals surface area contributed by atoms with Crippen LogP contribution in [-0.4, -0.2) is 56.7 Å². The Labute approximate surface area is 139 Å². The number of hydrogen-bond acceptors (Lipinski definition) is 4. The van der Waals surface area contributed by atoms with E-state index < -0.39 is 0 Å². The summed E-state index contributed by atoms with van der Waals surface area (Å²) in [6, 6.07) is 6.33. The maximum absolute atomic E-state index is 12.0. The number of carbonyl (C=O) groups is 1. The molecule has 1 fully saturated rings. The molecule has 0 aliphatic carbocycles. The van der Waals surface area contributed by atoms with Gasteiger partial charge in [-0.1, -0.05) is 32.0 Å². The number of amides is 1. The first-order valence-corrected chi connectivity index (χ1v) is 8.66. The lowest BCUT2D eigenvalue weighted by Gasteiger charge is -2.26. The lowest BCUT2D eigenvalue weighted by Crippen LogP contribution is -2.42. The summed E-state index contributed by atoms with van der Waals surface area (Å²) in [6.45, 7) is 9.69. The Morgan fingerprint density at radius 3 is 2.43 bits per heavy atom. The van der Waals surface area contributed by atoms with E-state index in [1.807, 2.05) is 0 Å². The lowest BCUT2D eigenvalue weighted by atomic mass is 10.0. The number of aryl methyl sites for hydroxylation is 2. The van der Waals surface area contributed by atoms with E-state index in [4.69, 9.17) is 4.74 Å². The highest BCUT2D eigenvalue weighted by atomic mass is 16.5. The molecule has 0 saturated carbocycles. The van der Waals surface area contributed by atoms with Crippen molar-refractivity contribution in [3.63, 3.8) is 0 Å². The number of nitrogens with one attached hydrogen (secondary N) is 2. The SMILES string of the molecule is CCc1cccc(CC)c1NCC(=O)NCCN1CCOCC1. The van der Waals surface area contributed by atoms with Crippen molar-refractivity contribution in [1.82, 2.24) is 10.2 Å². The molecule has 1 aliphatic heterocycles. The van der Waals surface area contributed by atoms with E-state index in [0.29, 0.717) is 13.1 Å². The number of morpholine rings is 1. The van der Waals surface area contributed by atoms with E-state index >= 15 is 0 Å². The molecule has 1 amide bonds. The molecule has 2 rings (SSSR count). The summed E-state index contributed by atoms with van der Waals surface area (Å²) >= 11 is 0. The quantitative estimate of drug-likeness (QED) is 0.765. The van der Waals surface area contributed by atoms with Gasteiger partial charge in [-0.15, -0.1) is 0 Å². The van der Waals surface area contributed by atoms with E-state index in [-0.39, 0.29) is 5.91 Å². The molecule has 1 aromatic rings. The zero-order valence-electron chi connectivity index (χ0n) is 14.4. The van der Waals surface area contributed by atoms with Gasteiger partial charge in [-0.3, -0.25) is 9.69 Å². The van der Waals surface area contributed by atoms with Crippen LogP contribution in [-0.2, 0) is 22.4 Å². The zero-order chi connectivity index (χ0) is 16.5. The molecule has 5 heteroatoms. The van der Waals surface area contributed by atoms with Crippen molar-refractivity contribution >= 4 is 11.6 Å². The normalized spacial score (nSPS) is 15.4. The van der Waals surface area contributed by atoms with Crippen LogP contribution in [0.4, 0.5) is 5.69 Å². The van der Waals surface area contributed by atoms with Crippen LogP contribution in [0.25, 0.3) is 0 Å². The van der Waals surface area contributed by atoms with Gasteiger partial charge in [0, 0.05) is 31.9 Å².